The lowest BCUT2D eigenvalue weighted by Gasteiger charge is -2.47. The van der Waals surface area contributed by atoms with Crippen molar-refractivity contribution in [1.82, 2.24) is 19.9 Å². The number of carbonyl (C=O) groups is 1. The van der Waals surface area contributed by atoms with Crippen molar-refractivity contribution in [3.05, 3.63) is 60.2 Å². The largest absolute Gasteiger partial charge is 0.481 e. The second-order valence-corrected chi connectivity index (χ2v) is 9.74. The van der Waals surface area contributed by atoms with Gasteiger partial charge >= 0.3 is 5.97 Å². The molecule has 35 heavy (non-hydrogen) atoms. The molecule has 3 aromatic heterocycles. The molecule has 7 rings (SSSR count). The number of carboxylic acids is 1. The Labute approximate surface area is 201 Å². The van der Waals surface area contributed by atoms with Gasteiger partial charge < -0.3 is 15.4 Å². The minimum absolute atomic E-state index is 0.186. The standard InChI is InChI=1S/C27H26FN5O2/c1-14-4-2-3-5-18(14)21-11-22(32-24-16-8-6-15(7-9-16)23(24)27(34)35)33-26(31-21)20-13-30-25-19(20)10-17(28)12-29-25/h2-5,10-13,15-16,23-24H,6-9H2,1H3,(H,29,30)(H,34,35)(H,31,32,33). The number of nitrogens with one attached hydrogen (secondary N) is 2. The summed E-state index contributed by atoms with van der Waals surface area (Å²) in [5, 5.41) is 14.1. The van der Waals surface area contributed by atoms with Crippen LogP contribution in [0.3, 0.4) is 0 Å². The maximum atomic E-state index is 14.0. The van der Waals surface area contributed by atoms with E-state index in [9.17, 15) is 14.3 Å². The molecule has 1 aromatic carbocycles. The molecule has 0 spiro atoms. The summed E-state index contributed by atoms with van der Waals surface area (Å²) in [5.74, 6) is -0.120. The molecule has 3 fully saturated rings. The topological polar surface area (TPSA) is 104 Å². The number of aromatic nitrogens is 4. The molecule has 3 heterocycles. The third-order valence-corrected chi connectivity index (χ3v) is 7.70. The molecule has 3 aliphatic rings. The maximum absolute atomic E-state index is 14.0. The van der Waals surface area contributed by atoms with Gasteiger partial charge in [0, 0.05) is 34.8 Å². The summed E-state index contributed by atoms with van der Waals surface area (Å²) in [4.78, 5) is 29.0. The van der Waals surface area contributed by atoms with Crippen molar-refractivity contribution >= 4 is 22.8 Å². The molecular weight excluding hydrogens is 445 g/mol. The van der Waals surface area contributed by atoms with Gasteiger partial charge in [-0.2, -0.15) is 0 Å². The van der Waals surface area contributed by atoms with Gasteiger partial charge in [-0.3, -0.25) is 4.79 Å². The number of aromatic amines is 1. The number of anilines is 1. The van der Waals surface area contributed by atoms with E-state index in [0.29, 0.717) is 34.2 Å². The van der Waals surface area contributed by atoms with Crippen molar-refractivity contribution in [2.45, 2.75) is 38.6 Å². The Morgan fingerprint density at radius 2 is 1.86 bits per heavy atom. The van der Waals surface area contributed by atoms with Gasteiger partial charge in [0.2, 0.25) is 0 Å². The lowest BCUT2D eigenvalue weighted by atomic mass is 9.61. The first-order valence-electron chi connectivity index (χ1n) is 12.1. The number of carboxylic acid groups (broad SMARTS) is 1. The first-order valence-corrected chi connectivity index (χ1v) is 12.1. The highest BCUT2D eigenvalue weighted by atomic mass is 19.1. The molecule has 2 unspecified atom stereocenters. The predicted octanol–water partition coefficient (Wildman–Crippen LogP) is 5.44. The van der Waals surface area contributed by atoms with Crippen LogP contribution in [0.2, 0.25) is 0 Å². The number of aryl methyl sites for hydroxylation is 1. The van der Waals surface area contributed by atoms with Gasteiger partial charge in [-0.1, -0.05) is 24.3 Å². The molecule has 8 heteroatoms. The zero-order chi connectivity index (χ0) is 24.1. The lowest BCUT2D eigenvalue weighted by Crippen LogP contribution is -2.51. The van der Waals surface area contributed by atoms with Crippen LogP contribution in [0, 0.1) is 30.5 Å². The number of halogens is 1. The van der Waals surface area contributed by atoms with Gasteiger partial charge in [-0.05, 0) is 56.1 Å². The second kappa shape index (κ2) is 8.45. The molecule has 178 valence electrons. The van der Waals surface area contributed by atoms with Crippen molar-refractivity contribution in [2.24, 2.45) is 17.8 Å². The van der Waals surface area contributed by atoms with Crippen LogP contribution in [0.1, 0.15) is 31.2 Å². The number of hydrogen-bond donors (Lipinski definition) is 3. The SMILES string of the molecule is Cc1ccccc1-c1cc(NC2C3CCC(CC3)C2C(=O)O)nc(-c2c[nH]c3ncc(F)cc23)n1. The molecule has 0 amide bonds. The smallest absolute Gasteiger partial charge is 0.308 e. The summed E-state index contributed by atoms with van der Waals surface area (Å²) in [5.41, 5.74) is 3.95. The van der Waals surface area contributed by atoms with Crippen molar-refractivity contribution in [2.75, 3.05) is 5.32 Å². The first-order chi connectivity index (χ1) is 17.0. The van der Waals surface area contributed by atoms with Crippen LogP contribution in [0.4, 0.5) is 10.2 Å². The van der Waals surface area contributed by atoms with E-state index in [-0.39, 0.29) is 12.0 Å². The van der Waals surface area contributed by atoms with Crippen molar-refractivity contribution in [1.29, 1.82) is 0 Å². The number of pyridine rings is 1. The number of benzene rings is 1. The quantitative estimate of drug-likeness (QED) is 0.358. The molecule has 7 nitrogen and oxygen atoms in total. The minimum Gasteiger partial charge on any atom is -0.481 e. The van der Waals surface area contributed by atoms with Gasteiger partial charge in [0.05, 0.1) is 17.8 Å². The van der Waals surface area contributed by atoms with Gasteiger partial charge in [-0.15, -0.1) is 0 Å². The Kier molecular flexibility index (Phi) is 5.24. The average molecular weight is 472 g/mol. The molecule has 2 bridgehead atoms. The zero-order valence-corrected chi connectivity index (χ0v) is 19.3. The first kappa shape index (κ1) is 21.7. The highest BCUT2D eigenvalue weighted by Gasteiger charge is 2.47. The third-order valence-electron chi connectivity index (χ3n) is 7.70. The van der Waals surface area contributed by atoms with Gasteiger partial charge in [-0.25, -0.2) is 19.3 Å². The predicted molar refractivity (Wildman–Crippen MR) is 131 cm³/mol. The third kappa shape index (κ3) is 3.83. The monoisotopic (exact) mass is 471 g/mol. The molecular formula is C27H26FN5O2. The molecule has 2 atom stereocenters. The summed E-state index contributed by atoms with van der Waals surface area (Å²) in [6.07, 6.45) is 6.91. The van der Waals surface area contributed by atoms with Crippen LogP contribution in [0.5, 0.6) is 0 Å². The van der Waals surface area contributed by atoms with E-state index in [1.54, 1.807) is 6.20 Å². The highest BCUT2D eigenvalue weighted by Crippen LogP contribution is 2.46. The van der Waals surface area contributed by atoms with Crippen LogP contribution in [-0.4, -0.2) is 37.1 Å². The number of nitrogens with zero attached hydrogens (tertiary/aromatic N) is 3. The van der Waals surface area contributed by atoms with Crippen molar-refractivity contribution in [3.8, 4) is 22.6 Å². The number of fused-ring (bicyclic) bond motifs is 4. The average Bonchev–Trinajstić information content (AvgIpc) is 3.27. The normalized spacial score (nSPS) is 23.5. The van der Waals surface area contributed by atoms with Gasteiger partial charge in [0.15, 0.2) is 5.82 Å². The molecule has 0 aliphatic heterocycles. The maximum Gasteiger partial charge on any atom is 0.308 e. The Bertz CT molecular complexity index is 1430. The van der Waals surface area contributed by atoms with E-state index < -0.39 is 17.7 Å². The molecule has 3 N–H and O–H groups in total. The molecule has 0 saturated heterocycles. The Hall–Kier alpha value is -3.81. The fraction of sp³-hybridized carbons (Fsp3) is 0.333. The lowest BCUT2D eigenvalue weighted by molar-refractivity contribution is -0.148. The van der Waals surface area contributed by atoms with Crippen LogP contribution in [-0.2, 0) is 4.79 Å². The van der Waals surface area contributed by atoms with E-state index in [1.165, 1.54) is 12.3 Å². The number of H-pyrrole nitrogens is 1. The van der Waals surface area contributed by atoms with Crippen LogP contribution < -0.4 is 5.32 Å². The summed E-state index contributed by atoms with van der Waals surface area (Å²) in [6.45, 7) is 2.02. The Balaban J connectivity index is 1.48. The fourth-order valence-corrected chi connectivity index (χ4v) is 5.99. The molecule has 3 saturated carbocycles. The van der Waals surface area contributed by atoms with Crippen LogP contribution in [0.15, 0.2) is 48.8 Å². The Morgan fingerprint density at radius 1 is 1.09 bits per heavy atom. The van der Waals surface area contributed by atoms with Crippen LogP contribution >= 0.6 is 0 Å². The van der Waals surface area contributed by atoms with Gasteiger partial charge in [0.25, 0.3) is 0 Å². The zero-order valence-electron chi connectivity index (χ0n) is 19.3. The van der Waals surface area contributed by atoms with Crippen molar-refractivity contribution in [3.63, 3.8) is 0 Å². The molecule has 0 radical (unpaired) electrons. The minimum atomic E-state index is -0.747. The summed E-state index contributed by atoms with van der Waals surface area (Å²) in [7, 11) is 0. The highest BCUT2D eigenvalue weighted by molar-refractivity contribution is 5.92. The summed E-state index contributed by atoms with van der Waals surface area (Å²) in [6, 6.07) is 11.1. The summed E-state index contributed by atoms with van der Waals surface area (Å²) >= 11 is 0. The fourth-order valence-electron chi connectivity index (χ4n) is 5.99. The second-order valence-electron chi connectivity index (χ2n) is 9.74. The number of hydrogen-bond acceptors (Lipinski definition) is 5. The van der Waals surface area contributed by atoms with Crippen LogP contribution in [0.25, 0.3) is 33.7 Å². The van der Waals surface area contributed by atoms with E-state index in [2.05, 4.69) is 15.3 Å². The van der Waals surface area contributed by atoms with E-state index >= 15 is 0 Å². The number of aliphatic carboxylic acids is 1. The van der Waals surface area contributed by atoms with Gasteiger partial charge in [0.1, 0.15) is 17.3 Å². The molecule has 4 aromatic rings. The van der Waals surface area contributed by atoms with E-state index in [0.717, 1.165) is 42.5 Å². The summed E-state index contributed by atoms with van der Waals surface area (Å²) < 4.78 is 14.0. The Morgan fingerprint density at radius 3 is 2.63 bits per heavy atom. The van der Waals surface area contributed by atoms with E-state index in [1.807, 2.05) is 37.3 Å². The number of rotatable bonds is 5. The van der Waals surface area contributed by atoms with E-state index in [4.69, 9.17) is 9.97 Å². The van der Waals surface area contributed by atoms with Crippen molar-refractivity contribution < 1.29 is 14.3 Å². The molecule has 3 aliphatic carbocycles.